The standard InChI is InChI=1S/C22H17ClF5N5O2.C2H4O.C2H6/c1-29-31-21(34)17-18(16-12(23)6-2-3-8-14(16)25)32-35-19(17)11-10-30-33(20(11)22(26,27)28)15-9-5-4-7-13(15)24;1-2-3;1-2/h2-5,8-10,13,29H,6-7H2,1H3,(H,31,34);2H,1H3;1-2H3. The highest BCUT2D eigenvalue weighted by Crippen LogP contribution is 2.43. The van der Waals surface area contributed by atoms with Crippen LogP contribution < -0.4 is 10.9 Å². The van der Waals surface area contributed by atoms with Crippen molar-refractivity contribution in [3.63, 3.8) is 0 Å². The summed E-state index contributed by atoms with van der Waals surface area (Å²) in [6.07, 6.45) is 2.77. The number of nitrogens with one attached hydrogen (secondary N) is 2. The van der Waals surface area contributed by atoms with Crippen molar-refractivity contribution in [1.29, 1.82) is 0 Å². The molecule has 4 rings (SSSR count). The van der Waals surface area contributed by atoms with Crippen LogP contribution in [0.25, 0.3) is 22.6 Å². The van der Waals surface area contributed by atoms with Gasteiger partial charge in [-0.15, -0.1) is 0 Å². The number of halogens is 6. The third-order valence-electron chi connectivity index (χ3n) is 5.17. The number of hydrogen-bond donors (Lipinski definition) is 2. The Morgan fingerprint density at radius 2 is 1.88 bits per heavy atom. The summed E-state index contributed by atoms with van der Waals surface area (Å²) in [7, 11) is 1.34. The first-order valence-corrected chi connectivity index (χ1v) is 12.4. The van der Waals surface area contributed by atoms with Gasteiger partial charge in [0.25, 0.3) is 5.91 Å². The molecule has 216 valence electrons. The zero-order chi connectivity index (χ0) is 30.0. The number of hydrogen-bond acceptors (Lipinski definition) is 6. The molecule has 2 aromatic heterocycles. The number of nitrogens with zero attached hydrogens (tertiary/aromatic N) is 3. The molecule has 0 aliphatic heterocycles. The lowest BCUT2D eigenvalue weighted by molar-refractivity contribution is -0.142. The van der Waals surface area contributed by atoms with Crippen molar-refractivity contribution in [3.8, 4) is 11.3 Å². The molecule has 1 amide bonds. The van der Waals surface area contributed by atoms with Gasteiger partial charge in [0.15, 0.2) is 11.5 Å². The molecule has 2 aromatic rings. The molecular weight excluding hydrogens is 561 g/mol. The van der Waals surface area contributed by atoms with Crippen LogP contribution in [0.4, 0.5) is 22.0 Å². The van der Waals surface area contributed by atoms with Crippen LogP contribution in [0, 0.1) is 0 Å². The van der Waals surface area contributed by atoms with E-state index in [1.807, 2.05) is 13.8 Å². The van der Waals surface area contributed by atoms with Crippen molar-refractivity contribution in [2.75, 3.05) is 7.05 Å². The maximum Gasteiger partial charge on any atom is 0.434 e. The summed E-state index contributed by atoms with van der Waals surface area (Å²) >= 11 is 6.22. The van der Waals surface area contributed by atoms with E-state index in [9.17, 15) is 26.7 Å². The molecule has 0 fully saturated rings. The second-order valence-electron chi connectivity index (χ2n) is 7.64. The number of rotatable bonds is 5. The Bertz CT molecular complexity index is 1370. The predicted octanol–water partition coefficient (Wildman–Crippen LogP) is 6.55. The summed E-state index contributed by atoms with van der Waals surface area (Å²) in [5.41, 5.74) is 0.928. The highest BCUT2D eigenvalue weighted by atomic mass is 35.5. The maximum absolute atomic E-state index is 14.8. The van der Waals surface area contributed by atoms with Gasteiger partial charge in [-0.3, -0.25) is 10.2 Å². The minimum absolute atomic E-state index is 0.0444. The molecule has 0 bridgehead atoms. The van der Waals surface area contributed by atoms with E-state index in [-0.39, 0.29) is 29.1 Å². The van der Waals surface area contributed by atoms with Crippen LogP contribution in [0.1, 0.15) is 55.4 Å². The molecule has 2 heterocycles. The van der Waals surface area contributed by atoms with Crippen LogP contribution in [0.15, 0.2) is 58.0 Å². The fourth-order valence-electron chi connectivity index (χ4n) is 3.69. The van der Waals surface area contributed by atoms with E-state index in [4.69, 9.17) is 20.9 Å². The molecule has 0 saturated heterocycles. The summed E-state index contributed by atoms with van der Waals surface area (Å²) in [5.74, 6) is -2.48. The van der Waals surface area contributed by atoms with Gasteiger partial charge in [0.05, 0.1) is 23.0 Å². The Morgan fingerprint density at radius 3 is 2.48 bits per heavy atom. The lowest BCUT2D eigenvalue weighted by Crippen LogP contribution is -2.34. The van der Waals surface area contributed by atoms with Gasteiger partial charge >= 0.3 is 6.18 Å². The molecule has 1 unspecified atom stereocenters. The van der Waals surface area contributed by atoms with Gasteiger partial charge in [0.1, 0.15) is 29.5 Å². The van der Waals surface area contributed by atoms with Gasteiger partial charge in [0.2, 0.25) is 0 Å². The Morgan fingerprint density at radius 1 is 1.23 bits per heavy atom. The first-order chi connectivity index (χ1) is 19.1. The van der Waals surface area contributed by atoms with Crippen molar-refractivity contribution in [3.05, 3.63) is 70.5 Å². The van der Waals surface area contributed by atoms with Crippen LogP contribution >= 0.6 is 11.6 Å². The summed E-state index contributed by atoms with van der Waals surface area (Å²) in [5, 5.41) is 7.39. The maximum atomic E-state index is 14.8. The molecule has 2 aliphatic carbocycles. The molecule has 0 saturated carbocycles. The van der Waals surface area contributed by atoms with Gasteiger partial charge in [-0.25, -0.2) is 18.9 Å². The SMILES string of the molecule is CC.CC=O.CNNC(=O)c1c(C2=C(Cl)CC=CC=C2F)noc1-c1cnn(C2=CC=CCC2F)c1C(F)(F)F. The molecule has 0 aromatic carbocycles. The van der Waals surface area contributed by atoms with Crippen molar-refractivity contribution >= 4 is 35.1 Å². The van der Waals surface area contributed by atoms with Gasteiger partial charge in [-0.2, -0.15) is 18.3 Å². The first-order valence-electron chi connectivity index (χ1n) is 12.0. The highest BCUT2D eigenvalue weighted by molar-refractivity contribution is 6.33. The zero-order valence-electron chi connectivity index (χ0n) is 21.9. The Labute approximate surface area is 231 Å². The topological polar surface area (TPSA) is 102 Å². The second-order valence-corrected chi connectivity index (χ2v) is 8.10. The normalized spacial score (nSPS) is 16.6. The minimum atomic E-state index is -5.04. The number of aldehydes is 1. The van der Waals surface area contributed by atoms with Gasteiger partial charge in [0, 0.05) is 24.9 Å². The number of alkyl halides is 4. The number of carbonyl (C=O) groups excluding carboxylic acids is 2. The molecule has 2 aliphatic rings. The van der Waals surface area contributed by atoms with Crippen molar-refractivity contribution < 1.29 is 36.1 Å². The first kappa shape index (κ1) is 32.4. The van der Waals surface area contributed by atoms with Crippen LogP contribution in [-0.2, 0) is 11.0 Å². The number of carbonyl (C=O) groups is 2. The molecule has 0 spiro atoms. The quantitative estimate of drug-likeness (QED) is 0.234. The van der Waals surface area contributed by atoms with E-state index in [1.54, 1.807) is 6.08 Å². The Kier molecular flexibility index (Phi) is 11.7. The summed E-state index contributed by atoms with van der Waals surface area (Å²) in [6.45, 7) is 5.44. The summed E-state index contributed by atoms with van der Waals surface area (Å²) < 4.78 is 77.5. The third-order valence-corrected chi connectivity index (χ3v) is 5.52. The smallest absolute Gasteiger partial charge is 0.355 e. The lowest BCUT2D eigenvalue weighted by Gasteiger charge is -2.18. The monoisotopic (exact) mass is 587 g/mol. The summed E-state index contributed by atoms with van der Waals surface area (Å²) in [6, 6.07) is 0. The van der Waals surface area contributed by atoms with Crippen LogP contribution in [0.5, 0.6) is 0 Å². The molecule has 40 heavy (non-hydrogen) atoms. The molecule has 1 atom stereocenters. The fourth-order valence-corrected chi connectivity index (χ4v) is 3.96. The van der Waals surface area contributed by atoms with Crippen LogP contribution in [-0.4, -0.2) is 40.3 Å². The van der Waals surface area contributed by atoms with E-state index in [1.165, 1.54) is 38.3 Å². The summed E-state index contributed by atoms with van der Waals surface area (Å²) in [4.78, 5) is 21.7. The van der Waals surface area contributed by atoms with Gasteiger partial charge < -0.3 is 9.32 Å². The van der Waals surface area contributed by atoms with E-state index >= 15 is 0 Å². The largest absolute Gasteiger partial charge is 0.434 e. The second kappa shape index (κ2) is 14.5. The van der Waals surface area contributed by atoms with E-state index in [0.29, 0.717) is 4.68 Å². The Hall–Kier alpha value is -3.84. The van der Waals surface area contributed by atoms with Crippen LogP contribution in [0.3, 0.4) is 0 Å². The van der Waals surface area contributed by atoms with Crippen LogP contribution in [0.2, 0.25) is 0 Å². The number of hydrazine groups is 1. The minimum Gasteiger partial charge on any atom is -0.355 e. The van der Waals surface area contributed by atoms with Gasteiger partial charge in [-0.05, 0) is 19.1 Å². The number of allylic oxidation sites excluding steroid dienone is 10. The fraction of sp³-hybridized carbons (Fsp3) is 0.308. The van der Waals surface area contributed by atoms with E-state index in [2.05, 4.69) is 21.1 Å². The van der Waals surface area contributed by atoms with Crippen molar-refractivity contribution in [1.82, 2.24) is 25.8 Å². The zero-order valence-corrected chi connectivity index (χ0v) is 22.7. The number of aromatic nitrogens is 3. The third kappa shape index (κ3) is 7.02. The molecule has 14 heteroatoms. The average molecular weight is 588 g/mol. The molecular formula is C26H27ClF5N5O3. The predicted molar refractivity (Wildman–Crippen MR) is 141 cm³/mol. The molecule has 8 nitrogen and oxygen atoms in total. The van der Waals surface area contributed by atoms with E-state index in [0.717, 1.165) is 18.6 Å². The highest BCUT2D eigenvalue weighted by Gasteiger charge is 2.43. The molecule has 2 N–H and O–H groups in total. The number of amides is 1. The molecule has 0 radical (unpaired) electrons. The van der Waals surface area contributed by atoms with E-state index < -0.39 is 52.4 Å². The Balaban J connectivity index is 0.00000105. The van der Waals surface area contributed by atoms with Gasteiger partial charge in [-0.1, -0.05) is 54.9 Å². The average Bonchev–Trinajstić information content (AvgIpc) is 3.50. The van der Waals surface area contributed by atoms with Crippen molar-refractivity contribution in [2.24, 2.45) is 0 Å². The lowest BCUT2D eigenvalue weighted by atomic mass is 10.00. The van der Waals surface area contributed by atoms with Crippen molar-refractivity contribution in [2.45, 2.75) is 46.0 Å².